The molecule has 2 unspecified atom stereocenters. The van der Waals surface area contributed by atoms with Crippen molar-refractivity contribution in [3.63, 3.8) is 0 Å². The van der Waals surface area contributed by atoms with Gasteiger partial charge in [0.1, 0.15) is 5.69 Å². The zero-order valence-electron chi connectivity index (χ0n) is 25.8. The standard InChI is InChI=1S/C38H33ClN4O3/c1-22-7-11-26(12-8-22)32-33(42-29-6-4-3-5-28(29)41-32)31-34(45)36(46-35(31)27-13-9-23(2)10-14-27)43-40-20-30(44)37-16-24-15-25(17-37)19-38(39,18-24)21-37/h3-14,20,24-25H,15-19,21H2,1-2H3/b40-20+,43-36-. The summed E-state index contributed by atoms with van der Waals surface area (Å²) in [6.45, 7) is 4.02. The second-order valence-electron chi connectivity index (χ2n) is 13.7. The van der Waals surface area contributed by atoms with Gasteiger partial charge < -0.3 is 4.74 Å². The summed E-state index contributed by atoms with van der Waals surface area (Å²) in [4.78, 5) is 37.5. The van der Waals surface area contributed by atoms with Crippen molar-refractivity contribution in [1.82, 2.24) is 9.97 Å². The lowest BCUT2D eigenvalue weighted by atomic mass is 9.48. The first kappa shape index (κ1) is 28.9. The van der Waals surface area contributed by atoms with Crippen molar-refractivity contribution in [1.29, 1.82) is 0 Å². The molecule has 0 spiro atoms. The fourth-order valence-electron chi connectivity index (χ4n) is 8.39. The number of alkyl halides is 1. The van der Waals surface area contributed by atoms with Gasteiger partial charge in [-0.15, -0.1) is 16.7 Å². The fraction of sp³-hybridized carbons (Fsp3) is 0.316. The van der Waals surface area contributed by atoms with E-state index in [2.05, 4.69) is 10.2 Å². The van der Waals surface area contributed by atoms with Crippen LogP contribution in [-0.4, -0.2) is 38.5 Å². The van der Waals surface area contributed by atoms with Gasteiger partial charge in [0, 0.05) is 21.4 Å². The van der Waals surface area contributed by atoms with Gasteiger partial charge in [-0.1, -0.05) is 71.8 Å². The number of fused-ring (bicyclic) bond motifs is 1. The van der Waals surface area contributed by atoms with Crippen LogP contribution in [0.1, 0.15) is 60.9 Å². The summed E-state index contributed by atoms with van der Waals surface area (Å²) < 4.78 is 6.20. The summed E-state index contributed by atoms with van der Waals surface area (Å²) >= 11 is 6.98. The molecule has 0 saturated heterocycles. The van der Waals surface area contributed by atoms with E-state index >= 15 is 0 Å². The highest BCUT2D eigenvalue weighted by molar-refractivity contribution is 6.59. The van der Waals surface area contributed by atoms with E-state index in [0.717, 1.165) is 48.8 Å². The van der Waals surface area contributed by atoms with Gasteiger partial charge in [0.25, 0.3) is 11.7 Å². The number of Topliss-reactive ketones (excluding diaryl/α,β-unsaturated/α-hetero) is 2. The Hall–Kier alpha value is -4.49. The van der Waals surface area contributed by atoms with E-state index in [0.29, 0.717) is 52.0 Å². The molecule has 3 aromatic carbocycles. The Morgan fingerprint density at radius 3 is 2.04 bits per heavy atom. The molecule has 1 aromatic heterocycles. The van der Waals surface area contributed by atoms with Crippen molar-refractivity contribution in [2.45, 2.75) is 57.2 Å². The molecule has 7 nitrogen and oxygen atoms in total. The number of rotatable bonds is 6. The van der Waals surface area contributed by atoms with Gasteiger partial charge in [0.15, 0.2) is 11.5 Å². The van der Waals surface area contributed by atoms with Crippen LogP contribution in [0.4, 0.5) is 0 Å². The maximum absolute atomic E-state index is 14.2. The van der Waals surface area contributed by atoms with E-state index in [4.69, 9.17) is 26.3 Å². The summed E-state index contributed by atoms with van der Waals surface area (Å²) in [7, 11) is 0. The Bertz CT molecular complexity index is 2000. The van der Waals surface area contributed by atoms with Crippen LogP contribution in [0.2, 0.25) is 0 Å². The molecule has 230 valence electrons. The summed E-state index contributed by atoms with van der Waals surface area (Å²) in [5.41, 5.74) is 5.79. The van der Waals surface area contributed by atoms with E-state index in [9.17, 15) is 9.59 Å². The van der Waals surface area contributed by atoms with Gasteiger partial charge in [-0.05, 0) is 76.3 Å². The normalized spacial score (nSPS) is 27.7. The van der Waals surface area contributed by atoms with Crippen LogP contribution >= 0.6 is 11.6 Å². The molecule has 9 rings (SSSR count). The van der Waals surface area contributed by atoms with E-state index in [1.807, 2.05) is 86.6 Å². The number of aryl methyl sites for hydroxylation is 2. The van der Waals surface area contributed by atoms with Crippen molar-refractivity contribution in [3.05, 3.63) is 95.2 Å². The van der Waals surface area contributed by atoms with Crippen molar-refractivity contribution in [3.8, 4) is 11.3 Å². The Balaban J connectivity index is 1.20. The first-order valence-electron chi connectivity index (χ1n) is 15.9. The molecule has 0 radical (unpaired) electrons. The molecule has 0 amide bonds. The number of hydrogen-bond acceptors (Lipinski definition) is 7. The van der Waals surface area contributed by atoms with Gasteiger partial charge in [-0.3, -0.25) is 9.59 Å². The maximum atomic E-state index is 14.2. The fourth-order valence-corrected chi connectivity index (χ4v) is 9.08. The average molecular weight is 629 g/mol. The maximum Gasteiger partial charge on any atom is 0.288 e. The molecule has 4 bridgehead atoms. The number of ether oxygens (including phenoxy) is 1. The zero-order valence-corrected chi connectivity index (χ0v) is 26.6. The molecule has 4 saturated carbocycles. The van der Waals surface area contributed by atoms with Crippen LogP contribution in [0.15, 0.2) is 83.0 Å². The van der Waals surface area contributed by atoms with Gasteiger partial charge in [-0.2, -0.15) is 5.10 Å². The smallest absolute Gasteiger partial charge is 0.288 e. The van der Waals surface area contributed by atoms with Crippen LogP contribution in [-0.2, 0) is 14.3 Å². The van der Waals surface area contributed by atoms with Crippen molar-refractivity contribution < 1.29 is 14.3 Å². The van der Waals surface area contributed by atoms with Gasteiger partial charge in [0.05, 0.1) is 28.5 Å². The topological polar surface area (TPSA) is 93.9 Å². The largest absolute Gasteiger partial charge is 0.433 e. The molecule has 2 heterocycles. The van der Waals surface area contributed by atoms with Crippen LogP contribution in [0, 0.1) is 31.1 Å². The molecule has 46 heavy (non-hydrogen) atoms. The minimum Gasteiger partial charge on any atom is -0.433 e. The average Bonchev–Trinajstić information content (AvgIpc) is 3.35. The van der Waals surface area contributed by atoms with E-state index in [-0.39, 0.29) is 22.1 Å². The van der Waals surface area contributed by atoms with Crippen LogP contribution < -0.4 is 0 Å². The first-order valence-corrected chi connectivity index (χ1v) is 16.3. The van der Waals surface area contributed by atoms with E-state index in [1.54, 1.807) is 0 Å². The van der Waals surface area contributed by atoms with Crippen molar-refractivity contribution in [2.24, 2.45) is 27.5 Å². The number of aromatic nitrogens is 2. The lowest BCUT2D eigenvalue weighted by Gasteiger charge is -2.59. The Kier molecular flexibility index (Phi) is 6.80. The number of carbonyl (C=O) groups is 2. The van der Waals surface area contributed by atoms with E-state index in [1.165, 1.54) is 6.21 Å². The molecular formula is C38H33ClN4O3. The third-order valence-electron chi connectivity index (χ3n) is 10.1. The van der Waals surface area contributed by atoms with Crippen molar-refractivity contribution in [2.75, 3.05) is 0 Å². The quantitative estimate of drug-likeness (QED) is 0.123. The molecular weight excluding hydrogens is 596 g/mol. The lowest BCUT2D eigenvalue weighted by Crippen LogP contribution is -2.56. The third-order valence-corrected chi connectivity index (χ3v) is 10.6. The minimum absolute atomic E-state index is 0.0598. The second-order valence-corrected chi connectivity index (χ2v) is 14.5. The summed E-state index contributed by atoms with van der Waals surface area (Å²) in [6.07, 6.45) is 6.77. The summed E-state index contributed by atoms with van der Waals surface area (Å²) in [5, 5.41) is 8.36. The van der Waals surface area contributed by atoms with E-state index < -0.39 is 11.2 Å². The highest BCUT2D eigenvalue weighted by atomic mass is 35.5. The number of nitrogens with zero attached hydrogens (tertiary/aromatic N) is 4. The monoisotopic (exact) mass is 628 g/mol. The molecule has 0 N–H and O–H groups in total. The number of ketones is 2. The van der Waals surface area contributed by atoms with Gasteiger partial charge in [-0.25, -0.2) is 9.97 Å². The molecule has 8 heteroatoms. The Morgan fingerprint density at radius 1 is 0.848 bits per heavy atom. The number of carbonyl (C=O) groups excluding carboxylic acids is 2. The Morgan fingerprint density at radius 2 is 1.43 bits per heavy atom. The van der Waals surface area contributed by atoms with Gasteiger partial charge in [0.2, 0.25) is 0 Å². The number of para-hydroxylation sites is 2. The Labute approximate surface area is 272 Å². The molecule has 4 aliphatic carbocycles. The predicted octanol–water partition coefficient (Wildman–Crippen LogP) is 7.91. The van der Waals surface area contributed by atoms with Gasteiger partial charge >= 0.3 is 0 Å². The molecule has 1 aliphatic heterocycles. The molecule has 4 aromatic rings. The SMILES string of the molecule is Cc1ccc(C2=C(c3nc4ccccc4nc3-c3ccc(C)cc3)C(=O)/C(=N/N=C/C(=O)C34CC5CC(CC(Cl)(C5)C3)C4)O2)cc1. The predicted molar refractivity (Wildman–Crippen MR) is 180 cm³/mol. The molecule has 4 fully saturated rings. The summed E-state index contributed by atoms with van der Waals surface area (Å²) in [6, 6.07) is 23.3. The zero-order chi connectivity index (χ0) is 31.6. The van der Waals surface area contributed by atoms with Crippen molar-refractivity contribution >= 4 is 57.6 Å². The highest BCUT2D eigenvalue weighted by Gasteiger charge is 2.59. The lowest BCUT2D eigenvalue weighted by molar-refractivity contribution is -0.134. The van der Waals surface area contributed by atoms with Crippen LogP contribution in [0.5, 0.6) is 0 Å². The second kappa shape index (κ2) is 10.8. The summed E-state index contributed by atoms with van der Waals surface area (Å²) in [5.74, 6) is 0.559. The van der Waals surface area contributed by atoms with Crippen LogP contribution in [0.3, 0.4) is 0 Å². The number of benzene rings is 3. The minimum atomic E-state index is -0.490. The van der Waals surface area contributed by atoms with Crippen LogP contribution in [0.25, 0.3) is 33.6 Å². The third kappa shape index (κ3) is 4.98. The molecule has 5 aliphatic rings. The highest BCUT2D eigenvalue weighted by Crippen LogP contribution is 2.64. The molecule has 2 atom stereocenters. The number of halogens is 1. The number of hydrogen-bond donors (Lipinski definition) is 0. The first-order chi connectivity index (χ1) is 22.2.